The van der Waals surface area contributed by atoms with Crippen molar-refractivity contribution >= 4 is 17.4 Å². The molecular formula is C25H28F3N7O. The fourth-order valence-electron chi connectivity index (χ4n) is 4.94. The van der Waals surface area contributed by atoms with Gasteiger partial charge in [-0.3, -0.25) is 9.36 Å². The van der Waals surface area contributed by atoms with Gasteiger partial charge in [-0.2, -0.15) is 13.2 Å². The number of rotatable bonds is 4. The number of piperidine rings is 1. The molecule has 0 atom stereocenters. The average molecular weight is 500 g/mol. The van der Waals surface area contributed by atoms with Crippen molar-refractivity contribution in [1.29, 1.82) is 0 Å². The van der Waals surface area contributed by atoms with Crippen molar-refractivity contribution in [2.75, 3.05) is 49.1 Å². The van der Waals surface area contributed by atoms with E-state index < -0.39 is 11.7 Å². The molecule has 0 spiro atoms. The van der Waals surface area contributed by atoms with E-state index in [0.717, 1.165) is 49.5 Å². The standard InChI is InChI=1S/C25H28F3N7O/c1-18-29-7-10-35(18)23-16-22(30-17-31-23)33-8-5-19(6-9-33)24(36)34-13-11-32(12-14-34)21-4-2-3-20(15-21)25(26,27)28/h2-4,7,10,15-17,19H,5-6,8-9,11-14H2,1H3. The maximum Gasteiger partial charge on any atom is 0.416 e. The molecule has 1 amide bonds. The largest absolute Gasteiger partial charge is 0.416 e. The highest BCUT2D eigenvalue weighted by Crippen LogP contribution is 2.32. The molecule has 2 fully saturated rings. The minimum atomic E-state index is -4.37. The minimum absolute atomic E-state index is 0.0569. The zero-order chi connectivity index (χ0) is 25.3. The van der Waals surface area contributed by atoms with Crippen LogP contribution < -0.4 is 9.80 Å². The summed E-state index contributed by atoms with van der Waals surface area (Å²) in [6.45, 7) is 5.41. The number of carbonyl (C=O) groups excluding carboxylic acids is 1. The van der Waals surface area contributed by atoms with Gasteiger partial charge in [-0.25, -0.2) is 15.0 Å². The molecule has 11 heteroatoms. The van der Waals surface area contributed by atoms with E-state index in [1.54, 1.807) is 18.6 Å². The van der Waals surface area contributed by atoms with Gasteiger partial charge in [0.05, 0.1) is 5.56 Å². The van der Waals surface area contributed by atoms with Crippen LogP contribution in [0.25, 0.3) is 5.82 Å². The molecule has 190 valence electrons. The highest BCUT2D eigenvalue weighted by atomic mass is 19.4. The predicted octanol–water partition coefficient (Wildman–Crippen LogP) is 3.55. The normalized spacial score (nSPS) is 17.5. The molecule has 0 unspecified atom stereocenters. The minimum Gasteiger partial charge on any atom is -0.368 e. The Morgan fingerprint density at radius 3 is 2.31 bits per heavy atom. The van der Waals surface area contributed by atoms with Crippen LogP contribution in [-0.4, -0.2) is 69.6 Å². The van der Waals surface area contributed by atoms with Crippen molar-refractivity contribution in [3.8, 4) is 5.82 Å². The quantitative estimate of drug-likeness (QED) is 0.547. The predicted molar refractivity (Wildman–Crippen MR) is 129 cm³/mol. The van der Waals surface area contributed by atoms with Crippen molar-refractivity contribution in [2.24, 2.45) is 5.92 Å². The van der Waals surface area contributed by atoms with Crippen molar-refractivity contribution in [3.63, 3.8) is 0 Å². The lowest BCUT2D eigenvalue weighted by Gasteiger charge is -2.39. The number of amides is 1. The maximum atomic E-state index is 13.2. The first-order chi connectivity index (χ1) is 17.3. The molecule has 5 rings (SSSR count). The summed E-state index contributed by atoms with van der Waals surface area (Å²) >= 11 is 0. The topological polar surface area (TPSA) is 70.4 Å². The van der Waals surface area contributed by atoms with E-state index in [0.29, 0.717) is 31.9 Å². The molecule has 0 radical (unpaired) electrons. The van der Waals surface area contributed by atoms with Crippen molar-refractivity contribution in [2.45, 2.75) is 25.9 Å². The number of anilines is 2. The summed E-state index contributed by atoms with van der Waals surface area (Å²) in [4.78, 5) is 32.1. The Bertz CT molecular complexity index is 1210. The van der Waals surface area contributed by atoms with Gasteiger partial charge in [0.25, 0.3) is 0 Å². The smallest absolute Gasteiger partial charge is 0.368 e. The Hall–Kier alpha value is -3.63. The van der Waals surface area contributed by atoms with Crippen LogP contribution in [0.2, 0.25) is 0 Å². The molecule has 0 aliphatic carbocycles. The maximum absolute atomic E-state index is 13.2. The van der Waals surface area contributed by atoms with Crippen LogP contribution in [-0.2, 0) is 11.0 Å². The third-order valence-corrected chi connectivity index (χ3v) is 7.01. The summed E-state index contributed by atoms with van der Waals surface area (Å²) in [5, 5.41) is 0. The number of alkyl halides is 3. The summed E-state index contributed by atoms with van der Waals surface area (Å²) in [5.74, 6) is 2.51. The van der Waals surface area contributed by atoms with Crippen LogP contribution in [0, 0.1) is 12.8 Å². The SMILES string of the molecule is Cc1nccn1-c1cc(N2CCC(C(=O)N3CCN(c4cccc(C(F)(F)F)c4)CC3)CC2)ncn1. The summed E-state index contributed by atoms with van der Waals surface area (Å²) in [5.41, 5.74) is -0.110. The number of hydrogen-bond acceptors (Lipinski definition) is 6. The number of nitrogens with zero attached hydrogens (tertiary/aromatic N) is 7. The number of piperazine rings is 1. The van der Waals surface area contributed by atoms with Crippen LogP contribution in [0.3, 0.4) is 0 Å². The number of aryl methyl sites for hydroxylation is 1. The van der Waals surface area contributed by atoms with Crippen LogP contribution in [0.5, 0.6) is 0 Å². The summed E-state index contributed by atoms with van der Waals surface area (Å²) in [6.07, 6.45) is 2.23. The van der Waals surface area contributed by atoms with Crippen LogP contribution >= 0.6 is 0 Å². The molecule has 8 nitrogen and oxygen atoms in total. The van der Waals surface area contributed by atoms with Gasteiger partial charge in [-0.05, 0) is 38.0 Å². The molecule has 0 N–H and O–H groups in total. The Morgan fingerprint density at radius 2 is 1.64 bits per heavy atom. The Morgan fingerprint density at radius 1 is 0.917 bits per heavy atom. The van der Waals surface area contributed by atoms with Gasteiger partial charge in [0, 0.05) is 69.3 Å². The van der Waals surface area contributed by atoms with E-state index in [-0.39, 0.29) is 11.8 Å². The summed E-state index contributed by atoms with van der Waals surface area (Å²) in [7, 11) is 0. The molecule has 2 saturated heterocycles. The number of hydrogen-bond donors (Lipinski definition) is 0. The van der Waals surface area contributed by atoms with Gasteiger partial charge in [0.1, 0.15) is 23.8 Å². The van der Waals surface area contributed by atoms with Crippen LogP contribution in [0.15, 0.2) is 49.1 Å². The number of carbonyl (C=O) groups is 1. The fourth-order valence-corrected chi connectivity index (χ4v) is 4.94. The van der Waals surface area contributed by atoms with E-state index in [1.165, 1.54) is 12.1 Å². The van der Waals surface area contributed by atoms with Crippen LogP contribution in [0.4, 0.5) is 24.7 Å². The summed E-state index contributed by atoms with van der Waals surface area (Å²) < 4.78 is 41.1. The molecule has 2 aromatic heterocycles. The van der Waals surface area contributed by atoms with Gasteiger partial charge in [0.2, 0.25) is 5.91 Å². The average Bonchev–Trinajstić information content (AvgIpc) is 3.34. The first-order valence-electron chi connectivity index (χ1n) is 12.1. The zero-order valence-corrected chi connectivity index (χ0v) is 20.0. The molecule has 3 aromatic rings. The third kappa shape index (κ3) is 5.00. The first kappa shape index (κ1) is 24.1. The molecule has 2 aliphatic heterocycles. The lowest BCUT2D eigenvalue weighted by atomic mass is 9.95. The molecule has 0 bridgehead atoms. The lowest BCUT2D eigenvalue weighted by molar-refractivity contribution is -0.137. The molecule has 2 aliphatic rings. The Labute approximate surface area is 207 Å². The van der Waals surface area contributed by atoms with Gasteiger partial charge in [-0.1, -0.05) is 6.07 Å². The van der Waals surface area contributed by atoms with Crippen LogP contribution in [0.1, 0.15) is 24.2 Å². The lowest BCUT2D eigenvalue weighted by Crippen LogP contribution is -2.51. The van der Waals surface area contributed by atoms with Crippen molar-refractivity contribution in [3.05, 3.63) is 60.4 Å². The number of halogens is 3. The van der Waals surface area contributed by atoms with Crippen molar-refractivity contribution in [1.82, 2.24) is 24.4 Å². The first-order valence-corrected chi connectivity index (χ1v) is 12.1. The second-order valence-electron chi connectivity index (χ2n) is 9.20. The highest BCUT2D eigenvalue weighted by molar-refractivity contribution is 5.79. The van der Waals surface area contributed by atoms with Gasteiger partial charge >= 0.3 is 6.18 Å². The van der Waals surface area contributed by atoms with E-state index >= 15 is 0 Å². The van der Waals surface area contributed by atoms with E-state index in [1.807, 2.05) is 33.6 Å². The second kappa shape index (κ2) is 9.79. The Balaban J connectivity index is 1.15. The monoisotopic (exact) mass is 499 g/mol. The fraction of sp³-hybridized carbons (Fsp3) is 0.440. The molecule has 4 heterocycles. The molecule has 1 aromatic carbocycles. The third-order valence-electron chi connectivity index (χ3n) is 7.01. The Kier molecular flexibility index (Phi) is 6.55. The second-order valence-corrected chi connectivity index (χ2v) is 9.20. The zero-order valence-electron chi connectivity index (χ0n) is 20.0. The van der Waals surface area contributed by atoms with Crippen molar-refractivity contribution < 1.29 is 18.0 Å². The molecular weight excluding hydrogens is 471 g/mol. The van der Waals surface area contributed by atoms with Gasteiger partial charge in [-0.15, -0.1) is 0 Å². The van der Waals surface area contributed by atoms with E-state index in [4.69, 9.17) is 0 Å². The number of aromatic nitrogens is 4. The van der Waals surface area contributed by atoms with Gasteiger partial charge < -0.3 is 14.7 Å². The molecule has 36 heavy (non-hydrogen) atoms. The van der Waals surface area contributed by atoms with E-state index in [2.05, 4.69) is 19.9 Å². The number of benzene rings is 1. The summed E-state index contributed by atoms with van der Waals surface area (Å²) in [6, 6.07) is 7.32. The number of imidazole rings is 1. The highest BCUT2D eigenvalue weighted by Gasteiger charge is 2.33. The van der Waals surface area contributed by atoms with E-state index in [9.17, 15) is 18.0 Å². The van der Waals surface area contributed by atoms with Gasteiger partial charge in [0.15, 0.2) is 0 Å². The molecule has 0 saturated carbocycles.